The molecule has 0 aliphatic heterocycles. The van der Waals surface area contributed by atoms with Crippen molar-refractivity contribution in [3.63, 3.8) is 0 Å². The third-order valence-corrected chi connectivity index (χ3v) is 5.76. The Morgan fingerprint density at radius 1 is 1.10 bits per heavy atom. The van der Waals surface area contributed by atoms with Gasteiger partial charge in [0, 0.05) is 40.4 Å². The first-order valence-electron chi connectivity index (χ1n) is 10.9. The Morgan fingerprint density at radius 3 is 2.45 bits per heavy atom. The second kappa shape index (κ2) is 12.7. The van der Waals surface area contributed by atoms with Crippen LogP contribution in [0.25, 0.3) is 0 Å². The number of hydrogen-bond donors (Lipinski definition) is 2. The summed E-state index contributed by atoms with van der Waals surface area (Å²) in [6.07, 6.45) is 7.34. The van der Waals surface area contributed by atoms with Crippen LogP contribution in [0.2, 0.25) is 0 Å². The highest BCUT2D eigenvalue weighted by Crippen LogP contribution is 2.40. The lowest BCUT2D eigenvalue weighted by atomic mass is 9.83. The lowest BCUT2D eigenvalue weighted by molar-refractivity contribution is 0.138. The molecule has 0 saturated heterocycles. The Morgan fingerprint density at radius 2 is 1.83 bits per heavy atom. The fraction of sp³-hybridized carbons (Fsp3) is 0.696. The molecule has 1 aromatic carbocycles. The van der Waals surface area contributed by atoms with Crippen LogP contribution in [-0.4, -0.2) is 65.4 Å². The van der Waals surface area contributed by atoms with Crippen LogP contribution in [0.3, 0.4) is 0 Å². The molecule has 1 aliphatic rings. The van der Waals surface area contributed by atoms with Crippen LogP contribution in [0.1, 0.15) is 44.1 Å². The Kier molecular flexibility index (Phi) is 10.3. The Bertz CT molecular complexity index is 595. The van der Waals surface area contributed by atoms with Gasteiger partial charge in [-0.25, -0.2) is 0 Å². The highest BCUT2D eigenvalue weighted by atomic mass is 16.5. The summed E-state index contributed by atoms with van der Waals surface area (Å²) in [7, 11) is 7.78. The summed E-state index contributed by atoms with van der Waals surface area (Å²) in [5.41, 5.74) is 1.56. The minimum Gasteiger partial charge on any atom is -0.494 e. The quantitative estimate of drug-likeness (QED) is 0.318. The van der Waals surface area contributed by atoms with Crippen molar-refractivity contribution < 1.29 is 9.47 Å². The van der Waals surface area contributed by atoms with Gasteiger partial charge in [-0.05, 0) is 62.9 Å². The van der Waals surface area contributed by atoms with E-state index in [4.69, 9.17) is 9.47 Å². The van der Waals surface area contributed by atoms with Gasteiger partial charge >= 0.3 is 0 Å². The molecule has 0 spiro atoms. The third-order valence-electron chi connectivity index (χ3n) is 5.76. The van der Waals surface area contributed by atoms with Crippen molar-refractivity contribution in [2.75, 3.05) is 54.6 Å². The van der Waals surface area contributed by atoms with E-state index in [1.807, 2.05) is 19.2 Å². The highest BCUT2D eigenvalue weighted by molar-refractivity contribution is 5.79. The molecule has 0 bridgehead atoms. The van der Waals surface area contributed by atoms with Crippen molar-refractivity contribution in [1.29, 1.82) is 0 Å². The largest absolute Gasteiger partial charge is 0.494 e. The van der Waals surface area contributed by atoms with Gasteiger partial charge in [-0.2, -0.15) is 0 Å². The molecule has 1 aromatic rings. The molecule has 0 amide bonds. The van der Waals surface area contributed by atoms with Crippen molar-refractivity contribution >= 4 is 5.96 Å². The molecule has 0 radical (unpaired) electrons. The van der Waals surface area contributed by atoms with Gasteiger partial charge in [0.05, 0.1) is 6.61 Å². The molecule has 0 heterocycles. The molecule has 2 N–H and O–H groups in total. The molecule has 2 rings (SSSR count). The predicted octanol–water partition coefficient (Wildman–Crippen LogP) is 3.28. The van der Waals surface area contributed by atoms with E-state index in [1.165, 1.54) is 31.2 Å². The average Bonchev–Trinajstić information content (AvgIpc) is 3.20. The number of benzene rings is 1. The number of nitrogens with zero attached hydrogens (tertiary/aromatic N) is 2. The maximum atomic E-state index is 5.80. The van der Waals surface area contributed by atoms with E-state index in [9.17, 15) is 0 Å². The highest BCUT2D eigenvalue weighted by Gasteiger charge is 2.33. The monoisotopic (exact) mass is 404 g/mol. The Hall–Kier alpha value is -1.79. The van der Waals surface area contributed by atoms with E-state index >= 15 is 0 Å². The van der Waals surface area contributed by atoms with E-state index in [2.05, 4.69) is 46.8 Å². The standard InChI is InChI=1S/C23H40N4O2/c1-24-22(26-19-23(14-17-28-4)12-5-6-13-23)25-18-20-8-10-21(11-9-20)29-16-7-15-27(2)3/h8-11H,5-7,12-19H2,1-4H3,(H2,24,25,26). The van der Waals surface area contributed by atoms with E-state index < -0.39 is 0 Å². The van der Waals surface area contributed by atoms with Gasteiger partial charge < -0.3 is 25.0 Å². The molecule has 6 heteroatoms. The molecule has 164 valence electrons. The summed E-state index contributed by atoms with van der Waals surface area (Å²) in [6, 6.07) is 8.31. The van der Waals surface area contributed by atoms with Crippen LogP contribution in [0.15, 0.2) is 29.3 Å². The number of rotatable bonds is 12. The minimum absolute atomic E-state index is 0.346. The van der Waals surface area contributed by atoms with Crippen molar-refractivity contribution in [3.8, 4) is 5.75 Å². The second-order valence-electron chi connectivity index (χ2n) is 8.38. The molecule has 0 unspecified atom stereocenters. The van der Waals surface area contributed by atoms with Crippen LogP contribution >= 0.6 is 0 Å². The summed E-state index contributed by atoms with van der Waals surface area (Å²) in [6.45, 7) is 4.32. The summed E-state index contributed by atoms with van der Waals surface area (Å²) in [5, 5.41) is 6.97. The molecule has 0 aromatic heterocycles. The van der Waals surface area contributed by atoms with E-state index in [0.717, 1.165) is 57.4 Å². The number of guanidine groups is 1. The minimum atomic E-state index is 0.346. The van der Waals surface area contributed by atoms with Gasteiger partial charge in [0.15, 0.2) is 5.96 Å². The molecule has 29 heavy (non-hydrogen) atoms. The van der Waals surface area contributed by atoms with E-state index in [-0.39, 0.29) is 0 Å². The van der Waals surface area contributed by atoms with Crippen molar-refractivity contribution in [1.82, 2.24) is 15.5 Å². The van der Waals surface area contributed by atoms with Crippen LogP contribution in [0.5, 0.6) is 5.75 Å². The van der Waals surface area contributed by atoms with E-state index in [0.29, 0.717) is 5.41 Å². The van der Waals surface area contributed by atoms with Gasteiger partial charge in [0.25, 0.3) is 0 Å². The van der Waals surface area contributed by atoms with Crippen molar-refractivity contribution in [2.24, 2.45) is 10.4 Å². The lowest BCUT2D eigenvalue weighted by Gasteiger charge is -2.30. The average molecular weight is 405 g/mol. The lowest BCUT2D eigenvalue weighted by Crippen LogP contribution is -2.43. The summed E-state index contributed by atoms with van der Waals surface area (Å²) in [5.74, 6) is 1.79. The first kappa shape index (κ1) is 23.5. The number of ether oxygens (including phenoxy) is 2. The van der Waals surface area contributed by atoms with Crippen LogP contribution < -0.4 is 15.4 Å². The number of nitrogens with one attached hydrogen (secondary N) is 2. The number of hydrogen-bond acceptors (Lipinski definition) is 4. The fourth-order valence-corrected chi connectivity index (χ4v) is 3.91. The second-order valence-corrected chi connectivity index (χ2v) is 8.38. The molecule has 1 aliphatic carbocycles. The van der Waals surface area contributed by atoms with Gasteiger partial charge in [0.2, 0.25) is 0 Å². The smallest absolute Gasteiger partial charge is 0.191 e. The summed E-state index contributed by atoms with van der Waals surface area (Å²) in [4.78, 5) is 6.56. The molecular weight excluding hydrogens is 364 g/mol. The van der Waals surface area contributed by atoms with Gasteiger partial charge in [0.1, 0.15) is 5.75 Å². The van der Waals surface area contributed by atoms with E-state index in [1.54, 1.807) is 7.11 Å². The van der Waals surface area contributed by atoms with Gasteiger partial charge in [-0.1, -0.05) is 25.0 Å². The predicted molar refractivity (Wildman–Crippen MR) is 121 cm³/mol. The zero-order valence-corrected chi connectivity index (χ0v) is 18.8. The first-order valence-corrected chi connectivity index (χ1v) is 10.9. The van der Waals surface area contributed by atoms with Gasteiger partial charge in [-0.15, -0.1) is 0 Å². The van der Waals surface area contributed by atoms with Crippen molar-refractivity contribution in [3.05, 3.63) is 29.8 Å². The van der Waals surface area contributed by atoms with Crippen molar-refractivity contribution in [2.45, 2.75) is 45.1 Å². The topological polar surface area (TPSA) is 58.1 Å². The zero-order chi connectivity index (χ0) is 21.0. The van der Waals surface area contributed by atoms with Crippen LogP contribution in [0.4, 0.5) is 0 Å². The summed E-state index contributed by atoms with van der Waals surface area (Å²) < 4.78 is 11.1. The fourth-order valence-electron chi connectivity index (χ4n) is 3.91. The zero-order valence-electron chi connectivity index (χ0n) is 18.8. The third kappa shape index (κ3) is 8.62. The maximum absolute atomic E-state index is 5.80. The van der Waals surface area contributed by atoms with Crippen LogP contribution in [0, 0.1) is 5.41 Å². The SMILES string of the molecule is CN=C(NCc1ccc(OCCCN(C)C)cc1)NCC1(CCOC)CCCC1. The Balaban J connectivity index is 1.74. The Labute approximate surface area is 177 Å². The normalized spacial score (nSPS) is 16.2. The number of aliphatic imine (C=N–C) groups is 1. The number of methoxy groups -OCH3 is 1. The van der Waals surface area contributed by atoms with Gasteiger partial charge in [-0.3, -0.25) is 4.99 Å². The molecule has 0 atom stereocenters. The van der Waals surface area contributed by atoms with Crippen LogP contribution in [-0.2, 0) is 11.3 Å². The molecule has 1 fully saturated rings. The molecular formula is C23H40N4O2. The first-order chi connectivity index (χ1) is 14.1. The summed E-state index contributed by atoms with van der Waals surface area (Å²) >= 11 is 0. The maximum Gasteiger partial charge on any atom is 0.191 e. The molecule has 6 nitrogen and oxygen atoms in total. The molecule has 1 saturated carbocycles.